The van der Waals surface area contributed by atoms with Gasteiger partial charge in [-0.15, -0.1) is 0 Å². The molecule has 2 aromatic rings. The summed E-state index contributed by atoms with van der Waals surface area (Å²) < 4.78 is 2.03. The van der Waals surface area contributed by atoms with E-state index in [4.69, 9.17) is 0 Å². The molecule has 0 aliphatic rings. The summed E-state index contributed by atoms with van der Waals surface area (Å²) >= 11 is 0. The number of rotatable bonds is 1. The van der Waals surface area contributed by atoms with Crippen LogP contribution >= 0.6 is 0 Å². The fourth-order valence-corrected chi connectivity index (χ4v) is 1.84. The van der Waals surface area contributed by atoms with E-state index in [0.717, 1.165) is 11.2 Å². The lowest BCUT2D eigenvalue weighted by Crippen LogP contribution is -2.11. The van der Waals surface area contributed by atoms with E-state index in [-0.39, 0.29) is 5.56 Å². The number of aromatic nitrogens is 3. The van der Waals surface area contributed by atoms with E-state index in [1.807, 2.05) is 17.7 Å². The molecule has 4 heteroatoms. The maximum absolute atomic E-state index is 11.7. The topological polar surface area (TPSA) is 50.7 Å². The molecule has 0 bridgehead atoms. The number of hydrogen-bond donors (Lipinski definition) is 1. The average molecular weight is 205 g/mol. The molecule has 0 atom stereocenters. The molecule has 0 fully saturated rings. The van der Waals surface area contributed by atoms with Crippen molar-refractivity contribution in [3.8, 4) is 0 Å². The number of fused-ring (bicyclic) bond motifs is 1. The summed E-state index contributed by atoms with van der Waals surface area (Å²) in [7, 11) is 0. The Morgan fingerprint density at radius 3 is 2.67 bits per heavy atom. The van der Waals surface area contributed by atoms with Gasteiger partial charge in [-0.2, -0.15) is 0 Å². The minimum atomic E-state index is -0.0469. The Bertz CT molecular complexity index is 563. The van der Waals surface area contributed by atoms with Crippen molar-refractivity contribution in [3.05, 3.63) is 27.9 Å². The number of aromatic amines is 1. The molecule has 0 saturated heterocycles. The van der Waals surface area contributed by atoms with E-state index in [1.54, 1.807) is 6.92 Å². The summed E-state index contributed by atoms with van der Waals surface area (Å²) in [5.41, 5.74) is 1.71. The van der Waals surface area contributed by atoms with Crippen molar-refractivity contribution in [3.63, 3.8) is 0 Å². The molecule has 80 valence electrons. The highest BCUT2D eigenvalue weighted by Crippen LogP contribution is 2.19. The van der Waals surface area contributed by atoms with E-state index in [2.05, 4.69) is 23.8 Å². The maximum Gasteiger partial charge on any atom is 0.260 e. The number of hydrogen-bond acceptors (Lipinski definition) is 2. The predicted octanol–water partition coefficient (Wildman–Crippen LogP) is 1.92. The summed E-state index contributed by atoms with van der Waals surface area (Å²) in [6.07, 6.45) is 1.98. The zero-order chi connectivity index (χ0) is 11.2. The minimum absolute atomic E-state index is 0.0469. The molecule has 0 spiro atoms. The van der Waals surface area contributed by atoms with E-state index < -0.39 is 0 Å². The van der Waals surface area contributed by atoms with Crippen LogP contribution in [0.1, 0.15) is 31.3 Å². The predicted molar refractivity (Wildman–Crippen MR) is 60.2 cm³/mol. The maximum atomic E-state index is 11.7. The first-order valence-electron chi connectivity index (χ1n) is 5.08. The van der Waals surface area contributed by atoms with Crippen molar-refractivity contribution in [1.82, 2.24) is 14.5 Å². The molecule has 2 heterocycles. The van der Waals surface area contributed by atoms with Crippen LogP contribution in [0, 0.1) is 13.8 Å². The molecule has 1 N–H and O–H groups in total. The second kappa shape index (κ2) is 3.22. The highest BCUT2D eigenvalue weighted by molar-refractivity contribution is 5.79. The second-order valence-corrected chi connectivity index (χ2v) is 4.16. The zero-order valence-corrected chi connectivity index (χ0v) is 9.46. The molecular weight excluding hydrogens is 190 g/mol. The Morgan fingerprint density at radius 2 is 2.07 bits per heavy atom. The summed E-state index contributed by atoms with van der Waals surface area (Å²) in [5.74, 6) is 0.660. The quantitative estimate of drug-likeness (QED) is 0.773. The number of aryl methyl sites for hydroxylation is 2. The van der Waals surface area contributed by atoms with Gasteiger partial charge in [0.2, 0.25) is 0 Å². The lowest BCUT2D eigenvalue weighted by Gasteiger charge is -2.07. The third-order valence-electron chi connectivity index (χ3n) is 2.55. The van der Waals surface area contributed by atoms with Gasteiger partial charge in [0, 0.05) is 12.2 Å². The van der Waals surface area contributed by atoms with Crippen LogP contribution in [0.3, 0.4) is 0 Å². The molecule has 0 unspecified atom stereocenters. The summed E-state index contributed by atoms with van der Waals surface area (Å²) in [6.45, 7) is 7.90. The fourth-order valence-electron chi connectivity index (χ4n) is 1.84. The Kier molecular flexibility index (Phi) is 2.14. The van der Waals surface area contributed by atoms with Crippen molar-refractivity contribution >= 4 is 11.0 Å². The highest BCUT2D eigenvalue weighted by atomic mass is 16.1. The van der Waals surface area contributed by atoms with Gasteiger partial charge in [-0.05, 0) is 33.3 Å². The van der Waals surface area contributed by atoms with Crippen LogP contribution in [-0.2, 0) is 0 Å². The third kappa shape index (κ3) is 1.46. The van der Waals surface area contributed by atoms with Gasteiger partial charge in [-0.25, -0.2) is 4.98 Å². The van der Waals surface area contributed by atoms with Crippen LogP contribution in [0.4, 0.5) is 0 Å². The van der Waals surface area contributed by atoms with Crippen molar-refractivity contribution in [1.29, 1.82) is 0 Å². The van der Waals surface area contributed by atoms with Gasteiger partial charge >= 0.3 is 0 Å². The fraction of sp³-hybridized carbons (Fsp3) is 0.455. The monoisotopic (exact) mass is 205 g/mol. The molecule has 15 heavy (non-hydrogen) atoms. The molecular formula is C11H15N3O. The van der Waals surface area contributed by atoms with Gasteiger partial charge in [0.25, 0.3) is 5.56 Å². The lowest BCUT2D eigenvalue weighted by molar-refractivity contribution is 0.616. The zero-order valence-electron chi connectivity index (χ0n) is 9.46. The SMILES string of the molecule is Cc1nc2c(c(C)cn2C(C)C)c(=O)[nH]1. The van der Waals surface area contributed by atoms with Crippen molar-refractivity contribution in [2.24, 2.45) is 0 Å². The molecule has 0 aliphatic heterocycles. The van der Waals surface area contributed by atoms with E-state index in [1.165, 1.54) is 0 Å². The lowest BCUT2D eigenvalue weighted by atomic mass is 10.3. The highest BCUT2D eigenvalue weighted by Gasteiger charge is 2.12. The van der Waals surface area contributed by atoms with Crippen LogP contribution in [0.5, 0.6) is 0 Å². The molecule has 2 aromatic heterocycles. The number of nitrogens with one attached hydrogen (secondary N) is 1. The van der Waals surface area contributed by atoms with E-state index >= 15 is 0 Å². The summed E-state index contributed by atoms with van der Waals surface area (Å²) in [5, 5.41) is 0.703. The number of nitrogens with zero attached hydrogens (tertiary/aromatic N) is 2. The average Bonchev–Trinajstić information content (AvgIpc) is 2.42. The molecule has 2 rings (SSSR count). The summed E-state index contributed by atoms with van der Waals surface area (Å²) in [6, 6.07) is 0.315. The van der Waals surface area contributed by atoms with Crippen LogP contribution in [0.15, 0.2) is 11.0 Å². The first-order valence-corrected chi connectivity index (χ1v) is 5.08. The second-order valence-electron chi connectivity index (χ2n) is 4.16. The third-order valence-corrected chi connectivity index (χ3v) is 2.55. The Morgan fingerprint density at radius 1 is 1.40 bits per heavy atom. The van der Waals surface area contributed by atoms with Crippen LogP contribution in [0.2, 0.25) is 0 Å². The van der Waals surface area contributed by atoms with Gasteiger partial charge < -0.3 is 9.55 Å². The normalized spacial score (nSPS) is 11.5. The first-order chi connectivity index (χ1) is 7.00. The van der Waals surface area contributed by atoms with Crippen molar-refractivity contribution in [2.45, 2.75) is 33.7 Å². The smallest absolute Gasteiger partial charge is 0.260 e. The molecule has 0 radical (unpaired) electrons. The van der Waals surface area contributed by atoms with E-state index in [0.29, 0.717) is 17.3 Å². The van der Waals surface area contributed by atoms with Gasteiger partial charge in [0.15, 0.2) is 0 Å². The van der Waals surface area contributed by atoms with Crippen molar-refractivity contribution < 1.29 is 0 Å². The van der Waals surface area contributed by atoms with Gasteiger partial charge in [0.1, 0.15) is 11.5 Å². The van der Waals surface area contributed by atoms with Crippen LogP contribution in [0.25, 0.3) is 11.0 Å². The Hall–Kier alpha value is -1.58. The van der Waals surface area contributed by atoms with Gasteiger partial charge in [-0.1, -0.05) is 0 Å². The molecule has 0 amide bonds. The van der Waals surface area contributed by atoms with Gasteiger partial charge in [0.05, 0.1) is 5.39 Å². The number of H-pyrrole nitrogens is 1. The van der Waals surface area contributed by atoms with Crippen molar-refractivity contribution in [2.75, 3.05) is 0 Å². The van der Waals surface area contributed by atoms with Crippen LogP contribution < -0.4 is 5.56 Å². The largest absolute Gasteiger partial charge is 0.330 e. The Labute approximate surface area is 88.0 Å². The Balaban J connectivity index is 2.93. The molecule has 0 aromatic carbocycles. The van der Waals surface area contributed by atoms with Crippen LogP contribution in [-0.4, -0.2) is 14.5 Å². The molecule has 0 saturated carbocycles. The standard InChI is InChI=1S/C11H15N3O/c1-6(2)14-5-7(3)9-10(14)12-8(4)13-11(9)15/h5-6H,1-4H3,(H,12,13,15). The summed E-state index contributed by atoms with van der Waals surface area (Å²) in [4.78, 5) is 18.9. The first kappa shape index (κ1) is 9.96. The van der Waals surface area contributed by atoms with E-state index in [9.17, 15) is 4.79 Å². The van der Waals surface area contributed by atoms with Gasteiger partial charge in [-0.3, -0.25) is 4.79 Å². The molecule has 4 nitrogen and oxygen atoms in total. The minimum Gasteiger partial charge on any atom is -0.330 e. The molecule has 0 aliphatic carbocycles.